The van der Waals surface area contributed by atoms with Crippen molar-refractivity contribution < 1.29 is 4.18 Å². The molecule has 0 saturated carbocycles. The monoisotopic (exact) mass is 219 g/mol. The summed E-state index contributed by atoms with van der Waals surface area (Å²) in [7, 11) is 0. The minimum atomic E-state index is 0.171. The van der Waals surface area contributed by atoms with Crippen LogP contribution in [0, 0.1) is 0 Å². The predicted molar refractivity (Wildman–Crippen MR) is 55.9 cm³/mol. The van der Waals surface area contributed by atoms with Crippen LogP contribution in [0.15, 0.2) is 18.7 Å². The third kappa shape index (κ3) is 3.74. The predicted octanol–water partition coefficient (Wildman–Crippen LogP) is 1.68. The van der Waals surface area contributed by atoms with Gasteiger partial charge in [-0.1, -0.05) is 12.6 Å². The van der Waals surface area contributed by atoms with Crippen molar-refractivity contribution in [1.82, 2.24) is 9.97 Å². The van der Waals surface area contributed by atoms with Crippen molar-refractivity contribution in [2.75, 3.05) is 4.72 Å². The van der Waals surface area contributed by atoms with Crippen LogP contribution < -0.4 is 4.72 Å². The Morgan fingerprint density at radius 3 is 2.83 bits per heavy atom. The van der Waals surface area contributed by atoms with E-state index in [4.69, 9.17) is 4.18 Å². The Labute approximate surface area is 84.9 Å². The summed E-state index contributed by atoms with van der Waals surface area (Å²) in [6.45, 7) is 0. The molecule has 0 aromatic carbocycles. The van der Waals surface area contributed by atoms with Gasteiger partial charge >= 0.3 is 0 Å². The molecule has 0 atom stereocenters. The molecular formula is C5H5N3OS3. The fraction of sp³-hybridized carbons (Fsp3) is 0. The molecule has 4 nitrogen and oxygen atoms in total. The van der Waals surface area contributed by atoms with E-state index >= 15 is 0 Å². The summed E-state index contributed by atoms with van der Waals surface area (Å²) in [4.78, 5) is 7.58. The second kappa shape index (κ2) is 5.18. The minimum absolute atomic E-state index is 0.171. The molecule has 0 radical (unpaired) electrons. The van der Waals surface area contributed by atoms with Crippen LogP contribution in [0.1, 0.15) is 0 Å². The minimum Gasteiger partial charge on any atom is -0.386 e. The molecule has 0 aliphatic carbocycles. The Morgan fingerprint density at radius 1 is 1.58 bits per heavy atom. The van der Waals surface area contributed by atoms with Gasteiger partial charge in [0.1, 0.15) is 6.33 Å². The number of hydrogen-bond acceptors (Lipinski definition) is 6. The van der Waals surface area contributed by atoms with Gasteiger partial charge in [-0.3, -0.25) is 4.72 Å². The first-order chi connectivity index (χ1) is 5.79. The van der Waals surface area contributed by atoms with E-state index in [1.54, 1.807) is 12.4 Å². The van der Waals surface area contributed by atoms with Gasteiger partial charge in [-0.25, -0.2) is 9.97 Å². The molecule has 0 fully saturated rings. The van der Waals surface area contributed by atoms with Crippen LogP contribution in [0.25, 0.3) is 0 Å². The van der Waals surface area contributed by atoms with E-state index in [1.165, 1.54) is 6.33 Å². The van der Waals surface area contributed by atoms with Crippen LogP contribution in [0.4, 0.5) is 5.69 Å². The molecule has 1 aromatic heterocycles. The molecule has 7 heteroatoms. The Hall–Kier alpha value is -0.530. The second-order valence-electron chi connectivity index (χ2n) is 1.66. The highest BCUT2D eigenvalue weighted by Gasteiger charge is 1.93. The van der Waals surface area contributed by atoms with E-state index in [0.29, 0.717) is 0 Å². The van der Waals surface area contributed by atoms with Gasteiger partial charge in [0.2, 0.25) is 4.38 Å². The summed E-state index contributed by atoms with van der Waals surface area (Å²) in [5.74, 6) is 0. The van der Waals surface area contributed by atoms with Crippen LogP contribution in [-0.2, 0) is 4.18 Å². The second-order valence-corrected chi connectivity index (χ2v) is 3.28. The zero-order chi connectivity index (χ0) is 8.81. The molecule has 0 unspecified atom stereocenters. The van der Waals surface area contributed by atoms with E-state index in [2.05, 4.69) is 39.5 Å². The number of thiol groups is 1. The van der Waals surface area contributed by atoms with Crippen molar-refractivity contribution in [2.24, 2.45) is 0 Å². The Balaban J connectivity index is 2.29. The van der Waals surface area contributed by atoms with Crippen LogP contribution >= 0.6 is 37.1 Å². The molecule has 0 aliphatic rings. The molecule has 0 aliphatic heterocycles. The zero-order valence-corrected chi connectivity index (χ0v) is 8.33. The molecular weight excluding hydrogens is 214 g/mol. The van der Waals surface area contributed by atoms with Crippen LogP contribution in [0.3, 0.4) is 0 Å². The van der Waals surface area contributed by atoms with E-state index in [0.717, 1.165) is 17.9 Å². The lowest BCUT2D eigenvalue weighted by atomic mass is 10.6. The molecule has 12 heavy (non-hydrogen) atoms. The van der Waals surface area contributed by atoms with Gasteiger partial charge in [0.15, 0.2) is 12.2 Å². The average Bonchev–Trinajstić information content (AvgIpc) is 2.05. The summed E-state index contributed by atoms with van der Waals surface area (Å²) >= 11 is 9.29. The number of aromatic nitrogens is 2. The molecule has 0 saturated heterocycles. The molecule has 0 amide bonds. The summed E-state index contributed by atoms with van der Waals surface area (Å²) in [6, 6.07) is 0. The van der Waals surface area contributed by atoms with Crippen molar-refractivity contribution >= 4 is 47.1 Å². The first-order valence-electron chi connectivity index (χ1n) is 2.86. The molecule has 1 aromatic rings. The average molecular weight is 219 g/mol. The lowest BCUT2D eigenvalue weighted by molar-refractivity contribution is 0.685. The number of thiocarbonyl (C=S) groups is 1. The van der Waals surface area contributed by atoms with E-state index in [1.807, 2.05) is 0 Å². The normalized spacial score (nSPS) is 9.08. The fourth-order valence-electron chi connectivity index (χ4n) is 0.456. The highest BCUT2D eigenvalue weighted by Crippen LogP contribution is 2.11. The molecule has 1 N–H and O–H groups in total. The number of nitrogens with one attached hydrogen (secondary N) is 1. The van der Waals surface area contributed by atoms with Crippen LogP contribution in [0.2, 0.25) is 0 Å². The summed E-state index contributed by atoms with van der Waals surface area (Å²) < 4.78 is 7.77. The number of nitrogens with zero attached hydrogens (tertiary/aromatic N) is 2. The first kappa shape index (κ1) is 9.56. The van der Waals surface area contributed by atoms with Gasteiger partial charge in [0.05, 0.1) is 18.1 Å². The number of hydrogen-bond donors (Lipinski definition) is 2. The number of rotatable bonds is 3. The standard InChI is InChI=1S/C5H5N3OS3/c10-5(11)9-12-8-4-1-6-3-7-2-4/h1-3,8H,(H,10,11). The lowest BCUT2D eigenvalue weighted by Gasteiger charge is -2.01. The van der Waals surface area contributed by atoms with Gasteiger partial charge in [-0.2, -0.15) is 0 Å². The van der Waals surface area contributed by atoms with E-state index in [9.17, 15) is 0 Å². The Bertz CT molecular complexity index is 255. The summed E-state index contributed by atoms with van der Waals surface area (Å²) in [5.41, 5.74) is 0.743. The number of anilines is 1. The van der Waals surface area contributed by atoms with Crippen molar-refractivity contribution in [1.29, 1.82) is 0 Å². The highest BCUT2D eigenvalue weighted by molar-refractivity contribution is 8.12. The third-order valence-corrected chi connectivity index (χ3v) is 1.81. The highest BCUT2D eigenvalue weighted by atomic mass is 32.2. The molecule has 64 valence electrons. The van der Waals surface area contributed by atoms with E-state index in [-0.39, 0.29) is 4.38 Å². The van der Waals surface area contributed by atoms with Gasteiger partial charge < -0.3 is 4.18 Å². The van der Waals surface area contributed by atoms with Gasteiger partial charge in [-0.05, 0) is 12.2 Å². The van der Waals surface area contributed by atoms with Crippen LogP contribution in [0.5, 0.6) is 0 Å². The maximum atomic E-state index is 4.79. The molecule has 1 heterocycles. The van der Waals surface area contributed by atoms with Crippen molar-refractivity contribution in [3.8, 4) is 0 Å². The van der Waals surface area contributed by atoms with Gasteiger partial charge in [0.25, 0.3) is 0 Å². The molecule has 0 bridgehead atoms. The largest absolute Gasteiger partial charge is 0.386 e. The Kier molecular flexibility index (Phi) is 4.12. The van der Waals surface area contributed by atoms with Crippen LogP contribution in [-0.4, -0.2) is 14.4 Å². The smallest absolute Gasteiger partial charge is 0.234 e. The zero-order valence-electron chi connectivity index (χ0n) is 5.80. The van der Waals surface area contributed by atoms with Gasteiger partial charge in [-0.15, -0.1) is 0 Å². The van der Waals surface area contributed by atoms with Crippen molar-refractivity contribution in [2.45, 2.75) is 0 Å². The topological polar surface area (TPSA) is 47.0 Å². The van der Waals surface area contributed by atoms with Crippen molar-refractivity contribution in [3.05, 3.63) is 18.7 Å². The summed E-state index contributed by atoms with van der Waals surface area (Å²) in [5, 5.41) is 0. The SMILES string of the molecule is S=C(S)OSNc1cncnc1. The maximum Gasteiger partial charge on any atom is 0.234 e. The fourth-order valence-corrected chi connectivity index (χ4v) is 0.985. The summed E-state index contributed by atoms with van der Waals surface area (Å²) in [6.07, 6.45) is 4.68. The third-order valence-electron chi connectivity index (χ3n) is 0.833. The van der Waals surface area contributed by atoms with Crippen molar-refractivity contribution in [3.63, 3.8) is 0 Å². The molecule has 0 spiro atoms. The van der Waals surface area contributed by atoms with Gasteiger partial charge in [0, 0.05) is 0 Å². The molecule has 1 rings (SSSR count). The maximum absolute atomic E-state index is 4.79. The Morgan fingerprint density at radius 2 is 2.25 bits per heavy atom. The lowest BCUT2D eigenvalue weighted by Crippen LogP contribution is -1.92. The quantitative estimate of drug-likeness (QED) is 0.349. The van der Waals surface area contributed by atoms with E-state index < -0.39 is 0 Å². The first-order valence-corrected chi connectivity index (χ1v) is 4.46.